The number of hydrogen-bond acceptors (Lipinski definition) is 3. The van der Waals surface area contributed by atoms with E-state index in [1.807, 2.05) is 12.1 Å². The van der Waals surface area contributed by atoms with Gasteiger partial charge in [0.25, 0.3) is 0 Å². The first-order chi connectivity index (χ1) is 8.12. The number of hydrogen-bond donors (Lipinski definition) is 2. The first-order valence-electron chi connectivity index (χ1n) is 5.67. The molecule has 0 aromatic carbocycles. The normalized spacial score (nSPS) is 18.9. The molecule has 1 aliphatic rings. The van der Waals surface area contributed by atoms with E-state index in [0.29, 0.717) is 19.3 Å². The Bertz CT molecular complexity index is 399. The van der Waals surface area contributed by atoms with Crippen LogP contribution in [-0.2, 0) is 11.2 Å². The number of carboxylic acids is 1. The molecule has 1 aliphatic heterocycles. The number of nitrogens with one attached hydrogen (secondary N) is 1. The summed E-state index contributed by atoms with van der Waals surface area (Å²) in [6, 6.07) is 3.79. The second kappa shape index (κ2) is 5.14. The molecule has 2 N–H and O–H groups in total. The van der Waals surface area contributed by atoms with Gasteiger partial charge in [0.2, 0.25) is 0 Å². The van der Waals surface area contributed by atoms with E-state index in [9.17, 15) is 9.90 Å². The molecule has 1 aromatic heterocycles. The number of carbonyl (C=O) groups is 1. The average molecular weight is 299 g/mol. The first-order valence-corrected chi connectivity index (χ1v) is 6.46. The lowest BCUT2D eigenvalue weighted by Gasteiger charge is -2.33. The van der Waals surface area contributed by atoms with Crippen molar-refractivity contribution in [3.63, 3.8) is 0 Å². The highest BCUT2D eigenvalue weighted by Crippen LogP contribution is 2.32. The predicted octanol–water partition coefficient (Wildman–Crippen LogP) is 1.84. The molecule has 1 fully saturated rings. The summed E-state index contributed by atoms with van der Waals surface area (Å²) in [5.74, 6) is -0.705. The van der Waals surface area contributed by atoms with Crippen LogP contribution in [0.4, 0.5) is 0 Å². The molecule has 2 heterocycles. The van der Waals surface area contributed by atoms with Gasteiger partial charge in [-0.2, -0.15) is 0 Å². The smallest absolute Gasteiger partial charge is 0.310 e. The molecule has 0 amide bonds. The van der Waals surface area contributed by atoms with E-state index in [2.05, 4.69) is 26.2 Å². The Morgan fingerprint density at radius 2 is 2.18 bits per heavy atom. The van der Waals surface area contributed by atoms with Crippen molar-refractivity contribution in [3.8, 4) is 0 Å². The summed E-state index contributed by atoms with van der Waals surface area (Å²) in [6.07, 6.45) is 3.56. The fourth-order valence-electron chi connectivity index (χ4n) is 2.23. The van der Waals surface area contributed by atoms with Crippen LogP contribution in [0.25, 0.3) is 0 Å². The van der Waals surface area contributed by atoms with E-state index in [0.717, 1.165) is 23.3 Å². The van der Waals surface area contributed by atoms with Crippen LogP contribution in [-0.4, -0.2) is 29.1 Å². The number of pyridine rings is 1. The summed E-state index contributed by atoms with van der Waals surface area (Å²) in [6.45, 7) is 1.53. The molecule has 1 aromatic rings. The second-order valence-electron chi connectivity index (χ2n) is 4.48. The summed E-state index contributed by atoms with van der Waals surface area (Å²) in [5.41, 5.74) is 0.198. The van der Waals surface area contributed by atoms with Gasteiger partial charge in [0, 0.05) is 22.8 Å². The van der Waals surface area contributed by atoms with Crippen molar-refractivity contribution in [2.75, 3.05) is 13.1 Å². The Labute approximate surface area is 109 Å². The van der Waals surface area contributed by atoms with Crippen molar-refractivity contribution in [2.45, 2.75) is 19.3 Å². The first kappa shape index (κ1) is 12.5. The minimum absolute atomic E-state index is 0.511. The summed E-state index contributed by atoms with van der Waals surface area (Å²) in [4.78, 5) is 15.8. The largest absolute Gasteiger partial charge is 0.481 e. The maximum absolute atomic E-state index is 11.5. The zero-order chi connectivity index (χ0) is 12.3. The fraction of sp³-hybridized carbons (Fsp3) is 0.500. The summed E-state index contributed by atoms with van der Waals surface area (Å²) >= 11 is 3.32. The molecular formula is C12H15BrN2O2. The Kier molecular flexibility index (Phi) is 3.79. The van der Waals surface area contributed by atoms with Crippen molar-refractivity contribution in [1.82, 2.24) is 10.3 Å². The number of aliphatic carboxylic acids is 1. The van der Waals surface area contributed by atoms with Crippen molar-refractivity contribution in [1.29, 1.82) is 0 Å². The third kappa shape index (κ3) is 2.84. The van der Waals surface area contributed by atoms with Gasteiger partial charge in [-0.3, -0.25) is 9.78 Å². The van der Waals surface area contributed by atoms with Gasteiger partial charge in [-0.15, -0.1) is 0 Å². The molecule has 0 unspecified atom stereocenters. The van der Waals surface area contributed by atoms with E-state index in [4.69, 9.17) is 0 Å². The van der Waals surface area contributed by atoms with Crippen LogP contribution in [0.1, 0.15) is 18.5 Å². The predicted molar refractivity (Wildman–Crippen MR) is 67.8 cm³/mol. The molecular weight excluding hydrogens is 284 g/mol. The van der Waals surface area contributed by atoms with Gasteiger partial charge in [-0.1, -0.05) is 0 Å². The highest BCUT2D eigenvalue weighted by Gasteiger charge is 2.39. The summed E-state index contributed by atoms with van der Waals surface area (Å²) < 4.78 is 0.913. The van der Waals surface area contributed by atoms with Crippen molar-refractivity contribution < 1.29 is 9.90 Å². The zero-order valence-electron chi connectivity index (χ0n) is 9.45. The SMILES string of the molecule is O=C(O)C1(Cc2ccc(Br)cn2)CCNCC1. The Hall–Kier alpha value is -0.940. The number of halogens is 1. The number of rotatable bonds is 3. The lowest BCUT2D eigenvalue weighted by Crippen LogP contribution is -2.43. The van der Waals surface area contributed by atoms with Gasteiger partial charge in [0.1, 0.15) is 0 Å². The number of nitrogens with zero attached hydrogens (tertiary/aromatic N) is 1. The van der Waals surface area contributed by atoms with Gasteiger partial charge in [-0.05, 0) is 54.0 Å². The van der Waals surface area contributed by atoms with Gasteiger partial charge in [0.15, 0.2) is 0 Å². The maximum atomic E-state index is 11.5. The molecule has 0 spiro atoms. The van der Waals surface area contributed by atoms with Gasteiger partial charge < -0.3 is 10.4 Å². The van der Waals surface area contributed by atoms with Crippen LogP contribution in [0.2, 0.25) is 0 Å². The molecule has 1 saturated heterocycles. The molecule has 0 bridgehead atoms. The maximum Gasteiger partial charge on any atom is 0.310 e. The molecule has 0 aliphatic carbocycles. The van der Waals surface area contributed by atoms with Gasteiger partial charge in [0.05, 0.1) is 5.41 Å². The highest BCUT2D eigenvalue weighted by atomic mass is 79.9. The molecule has 0 atom stereocenters. The van der Waals surface area contributed by atoms with Crippen LogP contribution in [0.3, 0.4) is 0 Å². The topological polar surface area (TPSA) is 62.2 Å². The van der Waals surface area contributed by atoms with E-state index in [-0.39, 0.29) is 0 Å². The third-order valence-electron chi connectivity index (χ3n) is 3.32. The summed E-state index contributed by atoms with van der Waals surface area (Å²) in [7, 11) is 0. The van der Waals surface area contributed by atoms with E-state index < -0.39 is 11.4 Å². The number of carboxylic acid groups (broad SMARTS) is 1. The number of aromatic nitrogens is 1. The van der Waals surface area contributed by atoms with E-state index in [1.54, 1.807) is 6.20 Å². The molecule has 17 heavy (non-hydrogen) atoms. The Morgan fingerprint density at radius 3 is 2.71 bits per heavy atom. The summed E-state index contributed by atoms with van der Waals surface area (Å²) in [5, 5.41) is 12.6. The molecule has 0 saturated carbocycles. The van der Waals surface area contributed by atoms with Crippen molar-refractivity contribution in [2.24, 2.45) is 5.41 Å². The monoisotopic (exact) mass is 298 g/mol. The third-order valence-corrected chi connectivity index (χ3v) is 3.79. The van der Waals surface area contributed by atoms with Gasteiger partial charge >= 0.3 is 5.97 Å². The van der Waals surface area contributed by atoms with Crippen LogP contribution < -0.4 is 5.32 Å². The molecule has 0 radical (unpaired) electrons. The lowest BCUT2D eigenvalue weighted by atomic mass is 9.75. The fourth-order valence-corrected chi connectivity index (χ4v) is 2.46. The van der Waals surface area contributed by atoms with Crippen LogP contribution in [0.5, 0.6) is 0 Å². The molecule has 5 heteroatoms. The minimum Gasteiger partial charge on any atom is -0.481 e. The molecule has 4 nitrogen and oxygen atoms in total. The van der Waals surface area contributed by atoms with Crippen molar-refractivity contribution >= 4 is 21.9 Å². The van der Waals surface area contributed by atoms with Crippen LogP contribution in [0.15, 0.2) is 22.8 Å². The highest BCUT2D eigenvalue weighted by molar-refractivity contribution is 9.10. The van der Waals surface area contributed by atoms with Gasteiger partial charge in [-0.25, -0.2) is 0 Å². The van der Waals surface area contributed by atoms with Crippen LogP contribution >= 0.6 is 15.9 Å². The van der Waals surface area contributed by atoms with E-state index in [1.165, 1.54) is 0 Å². The minimum atomic E-state index is -0.705. The molecule has 92 valence electrons. The Morgan fingerprint density at radius 1 is 1.47 bits per heavy atom. The average Bonchev–Trinajstić information content (AvgIpc) is 2.33. The lowest BCUT2D eigenvalue weighted by molar-refractivity contribution is -0.150. The zero-order valence-corrected chi connectivity index (χ0v) is 11.0. The quantitative estimate of drug-likeness (QED) is 0.894. The molecule has 2 rings (SSSR count). The Balaban J connectivity index is 2.17. The standard InChI is InChI=1S/C12H15BrN2O2/c13-9-1-2-10(15-8-9)7-12(11(16)17)3-5-14-6-4-12/h1-2,8,14H,3-7H2,(H,16,17). The van der Waals surface area contributed by atoms with E-state index >= 15 is 0 Å². The number of piperidine rings is 1. The second-order valence-corrected chi connectivity index (χ2v) is 5.40. The van der Waals surface area contributed by atoms with Crippen molar-refractivity contribution in [3.05, 3.63) is 28.5 Å². The van der Waals surface area contributed by atoms with Crippen LogP contribution in [0, 0.1) is 5.41 Å².